The van der Waals surface area contributed by atoms with Gasteiger partial charge in [-0.25, -0.2) is 0 Å². The summed E-state index contributed by atoms with van der Waals surface area (Å²) in [6.45, 7) is 7.24. The molecule has 298 valence electrons. The number of esters is 1. The van der Waals surface area contributed by atoms with Crippen LogP contribution in [0, 0.1) is 28.1 Å². The molecule has 6 fully saturated rings. The number of aliphatic hydroxyl groups excluding tert-OH is 7. The number of rotatable bonds is 11. The molecular formula is C35H56NaO16P. The molecule has 6 rings (SSSR count). The number of ether oxygens (including phenoxy) is 5. The van der Waals surface area contributed by atoms with Gasteiger partial charge in [-0.2, -0.15) is 0 Å². The molecule has 1 spiro atoms. The molecular weight excluding hydrogens is 730 g/mol. The Morgan fingerprint density at radius 1 is 0.906 bits per heavy atom. The predicted octanol–water partition coefficient (Wildman–Crippen LogP) is -3.80. The van der Waals surface area contributed by atoms with Crippen LogP contribution in [0.3, 0.4) is 0 Å². The monoisotopic (exact) mass is 786 g/mol. The molecule has 0 aromatic rings. The Morgan fingerprint density at radius 2 is 1.53 bits per heavy atom. The van der Waals surface area contributed by atoms with Crippen LogP contribution >= 0.6 is 7.60 Å². The van der Waals surface area contributed by atoms with Crippen molar-refractivity contribution in [3.63, 3.8) is 0 Å². The molecule has 18 heteroatoms. The molecule has 8 N–H and O–H groups in total. The molecule has 53 heavy (non-hydrogen) atoms. The number of aliphatic hydroxyl groups is 7. The summed E-state index contributed by atoms with van der Waals surface area (Å²) in [7, 11) is -4.44. The van der Waals surface area contributed by atoms with Crippen LogP contribution in [0.15, 0.2) is 12.2 Å². The zero-order valence-electron chi connectivity index (χ0n) is 30.8. The van der Waals surface area contributed by atoms with Crippen molar-refractivity contribution in [3.05, 3.63) is 12.2 Å². The molecule has 4 saturated carbocycles. The largest absolute Gasteiger partial charge is 1.00 e. The van der Waals surface area contributed by atoms with E-state index in [-0.39, 0.29) is 71.2 Å². The second-order valence-electron chi connectivity index (χ2n) is 16.7. The maximum Gasteiger partial charge on any atom is 1.00 e. The Bertz CT molecular complexity index is 1380. The third kappa shape index (κ3) is 7.91. The van der Waals surface area contributed by atoms with Gasteiger partial charge in [0.1, 0.15) is 56.4 Å². The second-order valence-corrected chi connectivity index (χ2v) is 18.5. The molecule has 0 radical (unpaired) electrons. The van der Waals surface area contributed by atoms with Gasteiger partial charge in [0.25, 0.3) is 0 Å². The van der Waals surface area contributed by atoms with Gasteiger partial charge in [0.15, 0.2) is 12.6 Å². The van der Waals surface area contributed by atoms with E-state index in [2.05, 4.69) is 13.5 Å². The van der Waals surface area contributed by atoms with E-state index < -0.39 is 99.4 Å². The van der Waals surface area contributed by atoms with E-state index in [4.69, 9.17) is 28.6 Å². The van der Waals surface area contributed by atoms with Gasteiger partial charge in [0, 0.05) is 6.16 Å². The van der Waals surface area contributed by atoms with Crippen LogP contribution in [0.1, 0.15) is 78.1 Å². The zero-order chi connectivity index (χ0) is 38.0. The molecule has 2 bridgehead atoms. The predicted molar refractivity (Wildman–Crippen MR) is 177 cm³/mol. The Morgan fingerprint density at radius 3 is 2.17 bits per heavy atom. The van der Waals surface area contributed by atoms with Crippen LogP contribution in [0.2, 0.25) is 0 Å². The molecule has 17 atom stereocenters. The Kier molecular flexibility index (Phi) is 13.5. The van der Waals surface area contributed by atoms with Gasteiger partial charge in [0.2, 0.25) is 0 Å². The van der Waals surface area contributed by atoms with Crippen molar-refractivity contribution in [1.82, 2.24) is 0 Å². The summed E-state index contributed by atoms with van der Waals surface area (Å²) in [4.78, 5) is 33.9. The van der Waals surface area contributed by atoms with Crippen molar-refractivity contribution in [1.29, 1.82) is 0 Å². The third-order valence-electron chi connectivity index (χ3n) is 13.7. The van der Waals surface area contributed by atoms with E-state index >= 15 is 0 Å². The maximum absolute atomic E-state index is 13.6. The van der Waals surface area contributed by atoms with Gasteiger partial charge < -0.3 is 73.8 Å². The quantitative estimate of drug-likeness (QED) is 0.0249. The molecule has 2 aliphatic heterocycles. The smallest absolute Gasteiger partial charge is 0.779 e. The van der Waals surface area contributed by atoms with E-state index in [1.165, 1.54) is 0 Å². The minimum Gasteiger partial charge on any atom is -0.779 e. The molecule has 0 amide bonds. The van der Waals surface area contributed by atoms with Crippen molar-refractivity contribution >= 4 is 13.6 Å². The maximum atomic E-state index is 13.6. The first-order chi connectivity index (χ1) is 24.3. The van der Waals surface area contributed by atoms with Crippen LogP contribution in [0.5, 0.6) is 0 Å². The molecule has 0 aromatic carbocycles. The van der Waals surface area contributed by atoms with Gasteiger partial charge in [-0.3, -0.25) is 4.79 Å². The van der Waals surface area contributed by atoms with Gasteiger partial charge in [0.05, 0.1) is 30.8 Å². The van der Waals surface area contributed by atoms with E-state index in [9.17, 15) is 50.0 Å². The summed E-state index contributed by atoms with van der Waals surface area (Å²) in [6, 6.07) is 0. The van der Waals surface area contributed by atoms with Crippen molar-refractivity contribution < 1.29 is 108 Å². The molecule has 2 heterocycles. The minimum absolute atomic E-state index is 0. The fraction of sp³-hybridized carbons (Fsp3) is 0.914. The Balaban J connectivity index is 0.00000541. The third-order valence-corrected chi connectivity index (χ3v) is 14.6. The first kappa shape index (κ1) is 44.0. The summed E-state index contributed by atoms with van der Waals surface area (Å²) in [5, 5.41) is 72.9. The van der Waals surface area contributed by atoms with Crippen LogP contribution in [-0.4, -0.2) is 140 Å². The molecule has 1 unspecified atom stereocenters. The van der Waals surface area contributed by atoms with Crippen LogP contribution in [0.4, 0.5) is 0 Å². The molecule has 4 aliphatic carbocycles. The van der Waals surface area contributed by atoms with Crippen LogP contribution < -0.4 is 34.5 Å². The van der Waals surface area contributed by atoms with E-state index in [1.807, 2.05) is 6.92 Å². The summed E-state index contributed by atoms with van der Waals surface area (Å²) in [6.07, 6.45) is -9.61. The molecule has 2 saturated heterocycles. The Labute approximate surface area is 331 Å². The Hall–Kier alpha value is -0.0800. The van der Waals surface area contributed by atoms with E-state index in [0.717, 1.165) is 37.7 Å². The van der Waals surface area contributed by atoms with Gasteiger partial charge >= 0.3 is 35.5 Å². The number of fused-ring (bicyclic) bond motifs is 3. The van der Waals surface area contributed by atoms with Crippen LogP contribution in [-0.2, 0) is 33.0 Å². The van der Waals surface area contributed by atoms with E-state index in [1.54, 1.807) is 0 Å². The average Bonchev–Trinajstić information content (AvgIpc) is 3.28. The fourth-order valence-electron chi connectivity index (χ4n) is 11.2. The zero-order valence-corrected chi connectivity index (χ0v) is 33.7. The summed E-state index contributed by atoms with van der Waals surface area (Å²) < 4.78 is 41.1. The number of carbonyl (C=O) groups is 1. The minimum atomic E-state index is -4.44. The normalized spacial score (nSPS) is 49.2. The molecule has 6 aliphatic rings. The SMILES string of the molecule is C=C1C[C@@]23CC[C@H]4[C@@](C)(CCC[C@@]4(C)C(=O)OCCCP(=O)([O-])O)[C@@H]2CC[C@]1(O[C@@H]1O[C@@H](CO)[C@@H](O)[C@H](O)[C@@H]1O[C@@H]1O[C@@H](CO)[C@@H](O)[C@H](O)[C@@H]1O)C3.[Na+]. The first-order valence-electron chi connectivity index (χ1n) is 18.5. The van der Waals surface area contributed by atoms with Gasteiger partial charge in [-0.1, -0.05) is 19.9 Å². The summed E-state index contributed by atoms with van der Waals surface area (Å²) in [5.41, 5.74) is -1.33. The van der Waals surface area contributed by atoms with Gasteiger partial charge in [-0.05, 0) is 93.0 Å². The summed E-state index contributed by atoms with van der Waals surface area (Å²) in [5.74, 6) is -0.127. The van der Waals surface area contributed by atoms with Gasteiger partial charge in [-0.15, -0.1) is 0 Å². The number of hydrogen-bond donors (Lipinski definition) is 8. The molecule has 0 aromatic heterocycles. The van der Waals surface area contributed by atoms with Crippen molar-refractivity contribution in [3.8, 4) is 0 Å². The topological polar surface area (TPSA) is 265 Å². The fourth-order valence-corrected chi connectivity index (χ4v) is 11.7. The van der Waals surface area contributed by atoms with Crippen molar-refractivity contribution in [2.75, 3.05) is 26.0 Å². The first-order valence-corrected chi connectivity index (χ1v) is 20.3. The number of carbonyl (C=O) groups excluding carboxylic acids is 1. The standard InChI is InChI=1S/C35H57O16P.Na/c1-18-14-34-10-6-21-32(2,8-4-9-33(21,3)31(43)47-12-5-13-52(44,45)46)22(34)7-11-35(18,17-34)51-30-28(26(41)24(39)20(16-37)49-30)50-29-27(42)25(40)23(38)19(15-36)48-29;/h19-30,36-42H,1,4-17H2,2-3H3,(H2,44,45,46);/q;+1/p-1/t19-,20-,21-,22-,23+,24+,25-,26-,27-,28-,29-,30-,32+,33+,34+,35-;/m0./s1. The van der Waals surface area contributed by atoms with Crippen LogP contribution in [0.25, 0.3) is 0 Å². The summed E-state index contributed by atoms with van der Waals surface area (Å²) >= 11 is 0. The second kappa shape index (κ2) is 16.3. The average molecular weight is 787 g/mol. The van der Waals surface area contributed by atoms with E-state index in [0.29, 0.717) is 25.7 Å². The molecule has 16 nitrogen and oxygen atoms in total. The van der Waals surface area contributed by atoms with Crippen molar-refractivity contribution in [2.45, 2.75) is 145 Å². The number of hydrogen-bond acceptors (Lipinski definition) is 15. The van der Waals surface area contributed by atoms with Crippen molar-refractivity contribution in [2.24, 2.45) is 28.1 Å².